The molecule has 1 N–H and O–H groups in total. The maximum Gasteiger partial charge on any atom is 0.225 e. The molecule has 1 fully saturated rings. The Morgan fingerprint density at radius 3 is 2.78 bits per heavy atom. The van der Waals surface area contributed by atoms with E-state index in [0.717, 1.165) is 25.9 Å². The first kappa shape index (κ1) is 13.1. The van der Waals surface area contributed by atoms with Gasteiger partial charge in [-0.05, 0) is 38.4 Å². The number of nitrogens with one attached hydrogen (secondary N) is 1. The van der Waals surface area contributed by atoms with Crippen LogP contribution in [0.1, 0.15) is 24.0 Å². The number of carbonyl (C=O) groups excluding carboxylic acids is 1. The van der Waals surface area contributed by atoms with Crippen molar-refractivity contribution in [1.29, 1.82) is 0 Å². The van der Waals surface area contributed by atoms with Crippen LogP contribution in [0, 0.1) is 12.8 Å². The van der Waals surface area contributed by atoms with Crippen molar-refractivity contribution in [2.24, 2.45) is 5.92 Å². The molecule has 1 saturated heterocycles. The van der Waals surface area contributed by atoms with Crippen LogP contribution in [-0.4, -0.2) is 30.9 Å². The third-order valence-corrected chi connectivity index (χ3v) is 3.57. The number of piperidine rings is 1. The highest BCUT2D eigenvalue weighted by Crippen LogP contribution is 2.16. The van der Waals surface area contributed by atoms with E-state index in [1.165, 1.54) is 11.1 Å². The van der Waals surface area contributed by atoms with Gasteiger partial charge in [0.1, 0.15) is 0 Å². The lowest BCUT2D eigenvalue weighted by Gasteiger charge is -2.27. The van der Waals surface area contributed by atoms with E-state index in [1.807, 2.05) is 18.0 Å². The highest BCUT2D eigenvalue weighted by Gasteiger charge is 2.23. The maximum absolute atomic E-state index is 12.3. The summed E-state index contributed by atoms with van der Waals surface area (Å²) in [5, 5.41) is 3.29. The zero-order valence-corrected chi connectivity index (χ0v) is 11.3. The van der Waals surface area contributed by atoms with Crippen molar-refractivity contribution in [3.8, 4) is 0 Å². The zero-order chi connectivity index (χ0) is 13.0. The van der Waals surface area contributed by atoms with Gasteiger partial charge in [0.2, 0.25) is 5.91 Å². The molecule has 3 nitrogen and oxygen atoms in total. The van der Waals surface area contributed by atoms with Gasteiger partial charge in [0.25, 0.3) is 0 Å². The number of amides is 1. The van der Waals surface area contributed by atoms with Crippen LogP contribution < -0.4 is 5.32 Å². The average Bonchev–Trinajstić information content (AvgIpc) is 2.39. The SMILES string of the molecule is Cc1cccc(CN(C)C(=O)C2CCNCC2)c1. The highest BCUT2D eigenvalue weighted by atomic mass is 16.2. The first-order chi connectivity index (χ1) is 8.66. The number of aryl methyl sites for hydroxylation is 1. The highest BCUT2D eigenvalue weighted by molar-refractivity contribution is 5.78. The summed E-state index contributed by atoms with van der Waals surface area (Å²) in [4.78, 5) is 14.2. The molecule has 0 spiro atoms. The Hall–Kier alpha value is -1.35. The van der Waals surface area contributed by atoms with Crippen molar-refractivity contribution in [1.82, 2.24) is 10.2 Å². The van der Waals surface area contributed by atoms with Gasteiger partial charge in [-0.15, -0.1) is 0 Å². The summed E-state index contributed by atoms with van der Waals surface area (Å²) in [6.07, 6.45) is 1.94. The fourth-order valence-corrected chi connectivity index (χ4v) is 2.54. The Kier molecular flexibility index (Phi) is 4.37. The summed E-state index contributed by atoms with van der Waals surface area (Å²) in [5.74, 6) is 0.499. The quantitative estimate of drug-likeness (QED) is 0.884. The van der Waals surface area contributed by atoms with Crippen molar-refractivity contribution >= 4 is 5.91 Å². The standard InChI is InChI=1S/C15H22N2O/c1-12-4-3-5-13(10-12)11-17(2)15(18)14-6-8-16-9-7-14/h3-5,10,14,16H,6-9,11H2,1-2H3. The molecular formula is C15H22N2O. The van der Waals surface area contributed by atoms with Crippen LogP contribution in [0.15, 0.2) is 24.3 Å². The van der Waals surface area contributed by atoms with Gasteiger partial charge in [0, 0.05) is 19.5 Å². The molecule has 0 radical (unpaired) electrons. The monoisotopic (exact) mass is 246 g/mol. The third kappa shape index (κ3) is 3.33. The van der Waals surface area contributed by atoms with Gasteiger partial charge < -0.3 is 10.2 Å². The summed E-state index contributed by atoms with van der Waals surface area (Å²) in [5.41, 5.74) is 2.45. The van der Waals surface area contributed by atoms with Crippen LogP contribution in [0.25, 0.3) is 0 Å². The minimum absolute atomic E-state index is 0.209. The number of benzene rings is 1. The molecule has 0 aliphatic carbocycles. The second-order valence-corrected chi connectivity index (χ2v) is 5.21. The Morgan fingerprint density at radius 1 is 1.39 bits per heavy atom. The van der Waals surface area contributed by atoms with Gasteiger partial charge in [0.05, 0.1) is 0 Å². The first-order valence-electron chi connectivity index (χ1n) is 6.68. The molecule has 18 heavy (non-hydrogen) atoms. The molecule has 0 unspecified atom stereocenters. The molecule has 1 aliphatic rings. The minimum atomic E-state index is 0.209. The van der Waals surface area contributed by atoms with Crippen molar-refractivity contribution in [3.05, 3.63) is 35.4 Å². The Balaban J connectivity index is 1.94. The summed E-state index contributed by atoms with van der Waals surface area (Å²) in [7, 11) is 1.91. The zero-order valence-electron chi connectivity index (χ0n) is 11.3. The van der Waals surface area contributed by atoms with Crippen LogP contribution in [0.3, 0.4) is 0 Å². The summed E-state index contributed by atoms with van der Waals surface area (Å²) >= 11 is 0. The predicted octanol–water partition coefficient (Wildman–Crippen LogP) is 1.95. The average molecular weight is 246 g/mol. The lowest BCUT2D eigenvalue weighted by atomic mass is 9.96. The fourth-order valence-electron chi connectivity index (χ4n) is 2.54. The number of rotatable bonds is 3. The van der Waals surface area contributed by atoms with Crippen LogP contribution in [-0.2, 0) is 11.3 Å². The van der Waals surface area contributed by atoms with Gasteiger partial charge in [0.15, 0.2) is 0 Å². The molecule has 0 aromatic heterocycles. The molecule has 2 rings (SSSR count). The van der Waals surface area contributed by atoms with Crippen molar-refractivity contribution in [2.45, 2.75) is 26.3 Å². The van der Waals surface area contributed by atoms with Crippen LogP contribution in [0.4, 0.5) is 0 Å². The number of nitrogens with zero attached hydrogens (tertiary/aromatic N) is 1. The molecule has 0 saturated carbocycles. The first-order valence-corrected chi connectivity index (χ1v) is 6.68. The molecule has 1 aromatic carbocycles. The molecule has 1 aliphatic heterocycles. The van der Waals surface area contributed by atoms with Crippen LogP contribution in [0.2, 0.25) is 0 Å². The number of carbonyl (C=O) groups is 1. The van der Waals surface area contributed by atoms with Gasteiger partial charge in [-0.2, -0.15) is 0 Å². The van der Waals surface area contributed by atoms with Gasteiger partial charge >= 0.3 is 0 Å². The van der Waals surface area contributed by atoms with E-state index in [2.05, 4.69) is 30.4 Å². The van der Waals surface area contributed by atoms with Crippen molar-refractivity contribution in [2.75, 3.05) is 20.1 Å². The summed E-state index contributed by atoms with van der Waals surface area (Å²) in [6, 6.07) is 8.36. The molecule has 0 bridgehead atoms. The molecule has 0 atom stereocenters. The largest absolute Gasteiger partial charge is 0.341 e. The van der Waals surface area contributed by atoms with E-state index in [9.17, 15) is 4.79 Å². The molecule has 1 heterocycles. The Morgan fingerprint density at radius 2 is 2.11 bits per heavy atom. The molecular weight excluding hydrogens is 224 g/mol. The van der Waals surface area contributed by atoms with E-state index in [-0.39, 0.29) is 11.8 Å². The molecule has 1 amide bonds. The fraction of sp³-hybridized carbons (Fsp3) is 0.533. The summed E-state index contributed by atoms with van der Waals surface area (Å²) in [6.45, 7) is 4.73. The third-order valence-electron chi connectivity index (χ3n) is 3.57. The normalized spacial score (nSPS) is 16.6. The molecule has 98 valence electrons. The van der Waals surface area contributed by atoms with Crippen LogP contribution >= 0.6 is 0 Å². The van der Waals surface area contributed by atoms with Crippen molar-refractivity contribution < 1.29 is 4.79 Å². The van der Waals surface area contributed by atoms with Gasteiger partial charge in [-0.3, -0.25) is 4.79 Å². The number of hydrogen-bond acceptors (Lipinski definition) is 2. The number of hydrogen-bond donors (Lipinski definition) is 1. The second-order valence-electron chi connectivity index (χ2n) is 5.21. The van der Waals surface area contributed by atoms with E-state index in [1.54, 1.807) is 0 Å². The van der Waals surface area contributed by atoms with Gasteiger partial charge in [-0.1, -0.05) is 29.8 Å². The van der Waals surface area contributed by atoms with E-state index in [4.69, 9.17) is 0 Å². The topological polar surface area (TPSA) is 32.3 Å². The van der Waals surface area contributed by atoms with E-state index < -0.39 is 0 Å². The summed E-state index contributed by atoms with van der Waals surface area (Å²) < 4.78 is 0. The van der Waals surface area contributed by atoms with Crippen LogP contribution in [0.5, 0.6) is 0 Å². The molecule has 1 aromatic rings. The smallest absolute Gasteiger partial charge is 0.225 e. The lowest BCUT2D eigenvalue weighted by Crippen LogP contribution is -2.38. The maximum atomic E-state index is 12.3. The minimum Gasteiger partial charge on any atom is -0.341 e. The van der Waals surface area contributed by atoms with E-state index in [0.29, 0.717) is 6.54 Å². The molecule has 3 heteroatoms. The Labute approximate surface area is 109 Å². The lowest BCUT2D eigenvalue weighted by molar-refractivity contribution is -0.135. The predicted molar refractivity (Wildman–Crippen MR) is 73.2 cm³/mol. The Bertz CT molecular complexity index is 411. The van der Waals surface area contributed by atoms with Crippen molar-refractivity contribution in [3.63, 3.8) is 0 Å². The second kappa shape index (κ2) is 6.01. The van der Waals surface area contributed by atoms with E-state index >= 15 is 0 Å². The van der Waals surface area contributed by atoms with Gasteiger partial charge in [-0.25, -0.2) is 0 Å².